The minimum Gasteiger partial charge on any atom is -0.478 e. The third-order valence-electron chi connectivity index (χ3n) is 2.99. The highest BCUT2D eigenvalue weighted by Gasteiger charge is 2.19. The number of benzene rings is 2. The molecule has 1 amide bonds. The van der Waals surface area contributed by atoms with E-state index >= 15 is 0 Å². The minimum absolute atomic E-state index is 0.128. The molecule has 3 N–H and O–H groups in total. The Kier molecular flexibility index (Phi) is 5.31. The SMILES string of the molecule is COCC(Oc1ccc(-c2ccccc2)cc1)C(=O)NN. The third-order valence-corrected chi connectivity index (χ3v) is 2.99. The maximum Gasteiger partial charge on any atom is 0.277 e. The van der Waals surface area contributed by atoms with Gasteiger partial charge in [0.15, 0.2) is 0 Å². The fourth-order valence-electron chi connectivity index (χ4n) is 1.93. The van der Waals surface area contributed by atoms with Gasteiger partial charge in [-0.1, -0.05) is 42.5 Å². The number of carbonyl (C=O) groups excluding carboxylic acids is 1. The predicted molar refractivity (Wildman–Crippen MR) is 80.5 cm³/mol. The van der Waals surface area contributed by atoms with Gasteiger partial charge in [-0.25, -0.2) is 5.84 Å². The second-order valence-electron chi connectivity index (χ2n) is 4.46. The number of nitrogens with two attached hydrogens (primary N) is 1. The Morgan fingerprint density at radius 1 is 1.10 bits per heavy atom. The smallest absolute Gasteiger partial charge is 0.277 e. The predicted octanol–water partition coefficient (Wildman–Crippen LogP) is 1.74. The summed E-state index contributed by atoms with van der Waals surface area (Å²) >= 11 is 0. The molecule has 2 rings (SSSR count). The van der Waals surface area contributed by atoms with Gasteiger partial charge in [0.1, 0.15) is 5.75 Å². The Balaban J connectivity index is 2.09. The van der Waals surface area contributed by atoms with Crippen molar-refractivity contribution in [2.45, 2.75) is 6.10 Å². The molecule has 0 aromatic heterocycles. The van der Waals surface area contributed by atoms with Crippen LogP contribution in [-0.2, 0) is 9.53 Å². The van der Waals surface area contributed by atoms with Crippen LogP contribution in [0.1, 0.15) is 0 Å². The summed E-state index contributed by atoms with van der Waals surface area (Å²) in [4.78, 5) is 11.6. The molecule has 5 heteroatoms. The zero-order valence-electron chi connectivity index (χ0n) is 11.8. The van der Waals surface area contributed by atoms with Gasteiger partial charge >= 0.3 is 0 Å². The molecule has 0 saturated heterocycles. The number of amides is 1. The van der Waals surface area contributed by atoms with Crippen LogP contribution >= 0.6 is 0 Å². The lowest BCUT2D eigenvalue weighted by molar-refractivity contribution is -0.130. The molecule has 0 aliphatic carbocycles. The van der Waals surface area contributed by atoms with E-state index in [4.69, 9.17) is 15.3 Å². The highest BCUT2D eigenvalue weighted by Crippen LogP contribution is 2.22. The second-order valence-corrected chi connectivity index (χ2v) is 4.46. The van der Waals surface area contributed by atoms with Crippen LogP contribution in [-0.4, -0.2) is 25.7 Å². The van der Waals surface area contributed by atoms with E-state index in [0.717, 1.165) is 11.1 Å². The molecule has 0 fully saturated rings. The minimum atomic E-state index is -0.775. The van der Waals surface area contributed by atoms with Gasteiger partial charge < -0.3 is 9.47 Å². The molecule has 2 aromatic carbocycles. The first kappa shape index (κ1) is 15.0. The first-order valence-corrected chi connectivity index (χ1v) is 6.56. The topological polar surface area (TPSA) is 73.6 Å². The van der Waals surface area contributed by atoms with Crippen LogP contribution < -0.4 is 16.0 Å². The molecule has 110 valence electrons. The Bertz CT molecular complexity index is 570. The Morgan fingerprint density at radius 3 is 2.29 bits per heavy atom. The number of methoxy groups -OCH3 is 1. The molecule has 0 heterocycles. The molecule has 21 heavy (non-hydrogen) atoms. The van der Waals surface area contributed by atoms with Crippen molar-refractivity contribution in [2.24, 2.45) is 5.84 Å². The number of hydrogen-bond acceptors (Lipinski definition) is 4. The van der Waals surface area contributed by atoms with Gasteiger partial charge in [-0.2, -0.15) is 0 Å². The quantitative estimate of drug-likeness (QED) is 0.482. The molecule has 0 aliphatic heterocycles. The Labute approximate surface area is 123 Å². The van der Waals surface area contributed by atoms with Gasteiger partial charge in [0.2, 0.25) is 6.10 Å². The van der Waals surface area contributed by atoms with Crippen molar-refractivity contribution in [1.82, 2.24) is 5.43 Å². The fraction of sp³-hybridized carbons (Fsp3) is 0.188. The maximum absolute atomic E-state index is 11.6. The van der Waals surface area contributed by atoms with Crippen LogP contribution in [0.25, 0.3) is 11.1 Å². The molecule has 0 spiro atoms. The number of hydrogen-bond donors (Lipinski definition) is 2. The first-order chi connectivity index (χ1) is 10.2. The fourth-order valence-corrected chi connectivity index (χ4v) is 1.93. The number of nitrogens with one attached hydrogen (secondary N) is 1. The van der Waals surface area contributed by atoms with E-state index in [0.29, 0.717) is 5.75 Å². The molecular weight excluding hydrogens is 268 g/mol. The molecule has 0 bridgehead atoms. The highest BCUT2D eigenvalue weighted by molar-refractivity contribution is 5.80. The van der Waals surface area contributed by atoms with Crippen molar-refractivity contribution in [3.05, 3.63) is 54.6 Å². The molecule has 0 aliphatic rings. The first-order valence-electron chi connectivity index (χ1n) is 6.56. The van der Waals surface area contributed by atoms with Crippen molar-refractivity contribution in [3.63, 3.8) is 0 Å². The van der Waals surface area contributed by atoms with E-state index < -0.39 is 12.0 Å². The van der Waals surface area contributed by atoms with Gasteiger partial charge in [0.25, 0.3) is 5.91 Å². The zero-order valence-corrected chi connectivity index (χ0v) is 11.8. The lowest BCUT2D eigenvalue weighted by Crippen LogP contribution is -2.44. The van der Waals surface area contributed by atoms with E-state index in [9.17, 15) is 4.79 Å². The molecule has 0 radical (unpaired) electrons. The average Bonchev–Trinajstić information content (AvgIpc) is 2.55. The Morgan fingerprint density at radius 2 is 1.71 bits per heavy atom. The van der Waals surface area contributed by atoms with Crippen LogP contribution in [0.3, 0.4) is 0 Å². The molecular formula is C16H18N2O3. The number of ether oxygens (including phenoxy) is 2. The summed E-state index contributed by atoms with van der Waals surface area (Å²) in [7, 11) is 1.50. The second kappa shape index (κ2) is 7.42. The lowest BCUT2D eigenvalue weighted by atomic mass is 10.1. The van der Waals surface area contributed by atoms with Crippen molar-refractivity contribution < 1.29 is 14.3 Å². The van der Waals surface area contributed by atoms with E-state index in [1.54, 1.807) is 0 Å². The zero-order chi connectivity index (χ0) is 15.1. The van der Waals surface area contributed by atoms with E-state index in [-0.39, 0.29) is 6.61 Å². The normalized spacial score (nSPS) is 11.7. The summed E-state index contributed by atoms with van der Waals surface area (Å²) in [6.45, 7) is 0.128. The van der Waals surface area contributed by atoms with Crippen molar-refractivity contribution in [3.8, 4) is 16.9 Å². The van der Waals surface area contributed by atoms with Crippen LogP contribution in [0.4, 0.5) is 0 Å². The highest BCUT2D eigenvalue weighted by atomic mass is 16.5. The van der Waals surface area contributed by atoms with Crippen LogP contribution in [0.15, 0.2) is 54.6 Å². The standard InChI is InChI=1S/C16H18N2O3/c1-20-11-15(16(19)18-17)21-14-9-7-13(8-10-14)12-5-3-2-4-6-12/h2-10,15H,11,17H2,1H3,(H,18,19). The third kappa shape index (κ3) is 4.05. The summed E-state index contributed by atoms with van der Waals surface area (Å²) in [5, 5.41) is 0. The molecule has 2 aromatic rings. The van der Waals surface area contributed by atoms with Gasteiger partial charge in [-0.15, -0.1) is 0 Å². The Hall–Kier alpha value is -2.37. The summed E-state index contributed by atoms with van der Waals surface area (Å²) < 4.78 is 10.5. The van der Waals surface area contributed by atoms with E-state index in [1.165, 1.54) is 7.11 Å². The van der Waals surface area contributed by atoms with Crippen molar-refractivity contribution in [1.29, 1.82) is 0 Å². The number of hydrazine groups is 1. The number of carbonyl (C=O) groups is 1. The summed E-state index contributed by atoms with van der Waals surface area (Å²) in [5.41, 5.74) is 4.26. The monoisotopic (exact) mass is 286 g/mol. The molecule has 1 atom stereocenters. The van der Waals surface area contributed by atoms with E-state index in [2.05, 4.69) is 5.43 Å². The molecule has 0 saturated carbocycles. The molecule has 5 nitrogen and oxygen atoms in total. The van der Waals surface area contributed by atoms with Crippen LogP contribution in [0.2, 0.25) is 0 Å². The van der Waals surface area contributed by atoms with Gasteiger partial charge in [0, 0.05) is 7.11 Å². The van der Waals surface area contributed by atoms with Crippen molar-refractivity contribution in [2.75, 3.05) is 13.7 Å². The van der Waals surface area contributed by atoms with Gasteiger partial charge in [-0.3, -0.25) is 10.2 Å². The summed E-state index contributed by atoms with van der Waals surface area (Å²) in [6, 6.07) is 17.5. The van der Waals surface area contributed by atoms with Gasteiger partial charge in [-0.05, 0) is 23.3 Å². The van der Waals surface area contributed by atoms with Crippen molar-refractivity contribution >= 4 is 5.91 Å². The summed E-state index contributed by atoms with van der Waals surface area (Å²) in [6.07, 6.45) is -0.775. The molecule has 1 unspecified atom stereocenters. The van der Waals surface area contributed by atoms with Crippen LogP contribution in [0.5, 0.6) is 5.75 Å². The lowest BCUT2D eigenvalue weighted by Gasteiger charge is -2.16. The summed E-state index contributed by atoms with van der Waals surface area (Å²) in [5.74, 6) is 5.28. The van der Waals surface area contributed by atoms with E-state index in [1.807, 2.05) is 54.6 Å². The average molecular weight is 286 g/mol. The number of rotatable bonds is 6. The maximum atomic E-state index is 11.6. The van der Waals surface area contributed by atoms with Gasteiger partial charge in [0.05, 0.1) is 6.61 Å². The largest absolute Gasteiger partial charge is 0.478 e. The van der Waals surface area contributed by atoms with Crippen LogP contribution in [0, 0.1) is 0 Å².